The molecule has 0 aromatic heterocycles. The van der Waals surface area contributed by atoms with Gasteiger partial charge in [0, 0.05) is 24.7 Å². The second kappa shape index (κ2) is 8.49. The first kappa shape index (κ1) is 18.0. The smallest absolute Gasteiger partial charge is 0.237 e. The number of rotatable bonds is 7. The molecule has 0 radical (unpaired) electrons. The van der Waals surface area contributed by atoms with Gasteiger partial charge in [-0.2, -0.15) is 0 Å². The summed E-state index contributed by atoms with van der Waals surface area (Å²) in [5.74, 6) is 0.254. The van der Waals surface area contributed by atoms with Gasteiger partial charge in [-0.3, -0.25) is 9.69 Å². The lowest BCUT2D eigenvalue weighted by Gasteiger charge is -2.35. The van der Waals surface area contributed by atoms with E-state index in [1.807, 2.05) is 23.1 Å². The fourth-order valence-corrected chi connectivity index (χ4v) is 3.56. The maximum atomic E-state index is 12.9. The highest BCUT2D eigenvalue weighted by Crippen LogP contribution is 2.25. The standard InChI is InChI=1S/C20H32N2O/c1-16(2)21(19-12-8-9-13-19)15-20(23)22(17(3)4)14-18-10-6-5-7-11-18/h5-7,10-11,16-17,19H,8-9,12-15H2,1-4H3. The normalized spacial score (nSPS) is 15.8. The largest absolute Gasteiger partial charge is 0.335 e. The van der Waals surface area contributed by atoms with Gasteiger partial charge >= 0.3 is 0 Å². The van der Waals surface area contributed by atoms with Crippen LogP contribution >= 0.6 is 0 Å². The quantitative estimate of drug-likeness (QED) is 0.757. The number of hydrogen-bond donors (Lipinski definition) is 0. The molecule has 1 aliphatic rings. The first-order chi connectivity index (χ1) is 11.0. The molecule has 3 heteroatoms. The molecular formula is C20H32N2O. The van der Waals surface area contributed by atoms with Gasteiger partial charge in [-0.25, -0.2) is 0 Å². The Morgan fingerprint density at radius 3 is 2.17 bits per heavy atom. The Bertz CT molecular complexity index is 478. The Morgan fingerprint density at radius 2 is 1.65 bits per heavy atom. The van der Waals surface area contributed by atoms with Gasteiger partial charge in [0.05, 0.1) is 6.54 Å². The van der Waals surface area contributed by atoms with Crippen molar-refractivity contribution in [2.24, 2.45) is 0 Å². The minimum Gasteiger partial charge on any atom is -0.335 e. The fourth-order valence-electron chi connectivity index (χ4n) is 3.56. The summed E-state index contributed by atoms with van der Waals surface area (Å²) in [7, 11) is 0. The molecule has 0 aliphatic heterocycles. The summed E-state index contributed by atoms with van der Waals surface area (Å²) in [6, 6.07) is 11.5. The van der Waals surface area contributed by atoms with Crippen molar-refractivity contribution in [1.29, 1.82) is 0 Å². The van der Waals surface area contributed by atoms with Crippen molar-refractivity contribution in [2.75, 3.05) is 6.54 Å². The molecule has 0 heterocycles. The van der Waals surface area contributed by atoms with E-state index in [0.717, 1.165) is 0 Å². The molecule has 1 aliphatic carbocycles. The van der Waals surface area contributed by atoms with Crippen LogP contribution in [-0.4, -0.2) is 40.4 Å². The first-order valence-electron chi connectivity index (χ1n) is 9.08. The molecule has 3 nitrogen and oxygen atoms in total. The van der Waals surface area contributed by atoms with Crippen LogP contribution in [0.1, 0.15) is 58.9 Å². The SMILES string of the molecule is CC(C)N(Cc1ccccc1)C(=O)CN(C(C)C)C1CCCC1. The third kappa shape index (κ3) is 5.07. The number of hydrogen-bond acceptors (Lipinski definition) is 2. The van der Waals surface area contributed by atoms with E-state index in [2.05, 4.69) is 44.7 Å². The minimum atomic E-state index is 0.222. The molecule has 1 saturated carbocycles. The van der Waals surface area contributed by atoms with E-state index in [4.69, 9.17) is 0 Å². The molecule has 0 bridgehead atoms. The van der Waals surface area contributed by atoms with Gasteiger partial charge in [0.15, 0.2) is 0 Å². The number of benzene rings is 1. The zero-order chi connectivity index (χ0) is 16.8. The molecule has 128 valence electrons. The van der Waals surface area contributed by atoms with E-state index in [9.17, 15) is 4.79 Å². The Kier molecular flexibility index (Phi) is 6.64. The molecule has 1 fully saturated rings. The Labute approximate surface area is 141 Å². The van der Waals surface area contributed by atoms with Crippen LogP contribution in [0.2, 0.25) is 0 Å². The van der Waals surface area contributed by atoms with Crippen molar-refractivity contribution in [2.45, 2.75) is 78.0 Å². The third-order valence-corrected chi connectivity index (χ3v) is 4.91. The molecule has 0 saturated heterocycles. The zero-order valence-electron chi connectivity index (χ0n) is 15.2. The molecule has 1 aromatic carbocycles. The van der Waals surface area contributed by atoms with E-state index in [1.165, 1.54) is 31.2 Å². The van der Waals surface area contributed by atoms with E-state index in [1.54, 1.807) is 0 Å². The predicted molar refractivity (Wildman–Crippen MR) is 96.2 cm³/mol. The molecular weight excluding hydrogens is 284 g/mol. The zero-order valence-corrected chi connectivity index (χ0v) is 15.2. The van der Waals surface area contributed by atoms with Crippen LogP contribution in [0.5, 0.6) is 0 Å². The summed E-state index contributed by atoms with van der Waals surface area (Å²) < 4.78 is 0. The predicted octanol–water partition coefficient (Wildman–Crippen LogP) is 4.08. The first-order valence-corrected chi connectivity index (χ1v) is 9.08. The minimum absolute atomic E-state index is 0.222. The maximum absolute atomic E-state index is 12.9. The summed E-state index contributed by atoms with van der Waals surface area (Å²) in [5.41, 5.74) is 1.20. The van der Waals surface area contributed by atoms with Crippen molar-refractivity contribution in [3.05, 3.63) is 35.9 Å². The molecule has 1 aromatic rings. The maximum Gasteiger partial charge on any atom is 0.237 e. The molecule has 2 rings (SSSR count). The molecule has 1 amide bonds. The summed E-state index contributed by atoms with van der Waals surface area (Å²) >= 11 is 0. The van der Waals surface area contributed by atoms with Crippen LogP contribution in [0.15, 0.2) is 30.3 Å². The topological polar surface area (TPSA) is 23.6 Å². The molecule has 23 heavy (non-hydrogen) atoms. The fraction of sp³-hybridized carbons (Fsp3) is 0.650. The van der Waals surface area contributed by atoms with E-state index < -0.39 is 0 Å². The highest BCUT2D eigenvalue weighted by molar-refractivity contribution is 5.78. The van der Waals surface area contributed by atoms with Crippen molar-refractivity contribution in [1.82, 2.24) is 9.80 Å². The summed E-state index contributed by atoms with van der Waals surface area (Å²) in [5, 5.41) is 0. The van der Waals surface area contributed by atoms with Gasteiger partial charge in [-0.05, 0) is 46.1 Å². The molecule has 0 unspecified atom stereocenters. The van der Waals surface area contributed by atoms with Crippen LogP contribution in [0.3, 0.4) is 0 Å². The van der Waals surface area contributed by atoms with E-state index >= 15 is 0 Å². The summed E-state index contributed by atoms with van der Waals surface area (Å²) in [4.78, 5) is 17.4. The highest BCUT2D eigenvalue weighted by Gasteiger charge is 2.28. The van der Waals surface area contributed by atoms with Crippen molar-refractivity contribution in [3.63, 3.8) is 0 Å². The molecule has 0 N–H and O–H groups in total. The van der Waals surface area contributed by atoms with Crippen LogP contribution in [-0.2, 0) is 11.3 Å². The Hall–Kier alpha value is -1.35. The average molecular weight is 316 g/mol. The van der Waals surface area contributed by atoms with Crippen LogP contribution < -0.4 is 0 Å². The van der Waals surface area contributed by atoms with Gasteiger partial charge in [0.25, 0.3) is 0 Å². The van der Waals surface area contributed by atoms with Crippen LogP contribution in [0.25, 0.3) is 0 Å². The highest BCUT2D eigenvalue weighted by atomic mass is 16.2. The number of carbonyl (C=O) groups is 1. The second-order valence-electron chi connectivity index (χ2n) is 7.31. The number of amides is 1. The average Bonchev–Trinajstić information content (AvgIpc) is 3.04. The van der Waals surface area contributed by atoms with Gasteiger partial charge in [0.1, 0.15) is 0 Å². The Balaban J connectivity index is 2.04. The van der Waals surface area contributed by atoms with Crippen molar-refractivity contribution in [3.8, 4) is 0 Å². The third-order valence-electron chi connectivity index (χ3n) is 4.91. The Morgan fingerprint density at radius 1 is 1.04 bits per heavy atom. The van der Waals surface area contributed by atoms with Gasteiger partial charge < -0.3 is 4.90 Å². The monoisotopic (exact) mass is 316 g/mol. The summed E-state index contributed by atoms with van der Waals surface area (Å²) in [6.07, 6.45) is 5.09. The lowest BCUT2D eigenvalue weighted by molar-refractivity contribution is -0.136. The van der Waals surface area contributed by atoms with Crippen molar-refractivity contribution >= 4 is 5.91 Å². The van der Waals surface area contributed by atoms with Gasteiger partial charge in [-0.15, -0.1) is 0 Å². The van der Waals surface area contributed by atoms with Gasteiger partial charge in [0.2, 0.25) is 5.91 Å². The van der Waals surface area contributed by atoms with E-state index in [0.29, 0.717) is 25.2 Å². The van der Waals surface area contributed by atoms with Crippen molar-refractivity contribution < 1.29 is 4.79 Å². The number of carbonyl (C=O) groups excluding carboxylic acids is 1. The van der Waals surface area contributed by atoms with E-state index in [-0.39, 0.29) is 11.9 Å². The second-order valence-corrected chi connectivity index (χ2v) is 7.31. The molecule has 0 spiro atoms. The lowest BCUT2D eigenvalue weighted by Crippen LogP contribution is -2.48. The van der Waals surface area contributed by atoms with Gasteiger partial charge in [-0.1, -0.05) is 43.2 Å². The number of nitrogens with zero attached hydrogens (tertiary/aromatic N) is 2. The summed E-state index contributed by atoms with van der Waals surface area (Å²) in [6.45, 7) is 9.89. The van der Waals surface area contributed by atoms with Crippen LogP contribution in [0.4, 0.5) is 0 Å². The molecule has 0 atom stereocenters. The van der Waals surface area contributed by atoms with Crippen LogP contribution in [0, 0.1) is 0 Å². The lowest BCUT2D eigenvalue weighted by atomic mass is 10.1.